The van der Waals surface area contributed by atoms with Gasteiger partial charge in [-0.3, -0.25) is 4.79 Å². The van der Waals surface area contributed by atoms with E-state index in [0.29, 0.717) is 26.2 Å². The first kappa shape index (κ1) is 18.9. The van der Waals surface area contributed by atoms with Crippen LogP contribution in [-0.2, 0) is 4.79 Å². The molecule has 1 saturated heterocycles. The third kappa shape index (κ3) is 4.26. The minimum Gasteiger partial charge on any atom is -0.379 e. The smallest absolute Gasteiger partial charge is 0.253 e. The van der Waals surface area contributed by atoms with Crippen molar-refractivity contribution < 1.29 is 22.4 Å². The summed E-state index contributed by atoms with van der Waals surface area (Å²) in [5.74, 6) is -6.12. The second-order valence-electron chi connectivity index (χ2n) is 5.93. The summed E-state index contributed by atoms with van der Waals surface area (Å²) >= 11 is 0. The number of aromatic nitrogens is 2. The number of amides is 1. The van der Waals surface area contributed by atoms with Crippen LogP contribution >= 0.6 is 0 Å². The van der Waals surface area contributed by atoms with Crippen LogP contribution < -0.4 is 10.2 Å². The second kappa shape index (κ2) is 8.19. The Bertz CT molecular complexity index is 786. The molecule has 1 aliphatic rings. The Morgan fingerprint density at radius 2 is 1.70 bits per heavy atom. The van der Waals surface area contributed by atoms with E-state index >= 15 is 0 Å². The average molecular weight is 383 g/mol. The lowest BCUT2D eigenvalue weighted by Gasteiger charge is -2.35. The van der Waals surface area contributed by atoms with E-state index in [4.69, 9.17) is 0 Å². The van der Waals surface area contributed by atoms with Crippen LogP contribution in [0.4, 0.5) is 29.1 Å². The molecule has 10 heteroatoms. The predicted molar refractivity (Wildman–Crippen MR) is 90.2 cm³/mol. The Hall–Kier alpha value is -2.91. The third-order valence-corrected chi connectivity index (χ3v) is 4.24. The summed E-state index contributed by atoms with van der Waals surface area (Å²) in [5, 5.41) is 2.23. The predicted octanol–water partition coefficient (Wildman–Crippen LogP) is 2.18. The van der Waals surface area contributed by atoms with E-state index in [1.54, 1.807) is 11.1 Å². The minimum atomic E-state index is -1.74. The Labute approximate surface area is 152 Å². The monoisotopic (exact) mass is 383 g/mol. The van der Waals surface area contributed by atoms with Crippen molar-refractivity contribution in [2.75, 3.05) is 42.9 Å². The molecule has 3 rings (SSSR count). The normalized spacial score (nSPS) is 14.4. The number of hydrogen-bond acceptors (Lipinski definition) is 5. The highest BCUT2D eigenvalue weighted by Crippen LogP contribution is 2.22. The molecule has 1 amide bonds. The number of halogens is 4. The highest BCUT2D eigenvalue weighted by atomic mass is 19.2. The van der Waals surface area contributed by atoms with Gasteiger partial charge in [-0.15, -0.1) is 0 Å². The van der Waals surface area contributed by atoms with Gasteiger partial charge in [0.1, 0.15) is 11.5 Å². The summed E-state index contributed by atoms with van der Waals surface area (Å²) in [6.07, 6.45) is 1.62. The number of carbonyl (C=O) groups is 1. The molecule has 0 aromatic carbocycles. The van der Waals surface area contributed by atoms with E-state index in [-0.39, 0.29) is 18.9 Å². The molecule has 0 bridgehead atoms. The van der Waals surface area contributed by atoms with Gasteiger partial charge >= 0.3 is 0 Å². The maximum atomic E-state index is 13.5. The fourth-order valence-corrected chi connectivity index (χ4v) is 2.82. The lowest BCUT2D eigenvalue weighted by Crippen LogP contribution is -2.49. The third-order valence-electron chi connectivity index (χ3n) is 4.24. The topological polar surface area (TPSA) is 61.4 Å². The molecule has 1 fully saturated rings. The van der Waals surface area contributed by atoms with Gasteiger partial charge in [0, 0.05) is 45.3 Å². The summed E-state index contributed by atoms with van der Waals surface area (Å²) in [5.41, 5.74) is -0.965. The van der Waals surface area contributed by atoms with Crippen LogP contribution in [0.1, 0.15) is 6.42 Å². The quantitative estimate of drug-likeness (QED) is 0.634. The molecule has 0 spiro atoms. The minimum absolute atomic E-state index is 0.0754. The molecule has 0 unspecified atom stereocenters. The maximum absolute atomic E-state index is 13.5. The van der Waals surface area contributed by atoms with Gasteiger partial charge in [0.05, 0.1) is 0 Å². The van der Waals surface area contributed by atoms with Crippen molar-refractivity contribution in [3.8, 4) is 0 Å². The number of anilines is 2. The van der Waals surface area contributed by atoms with Gasteiger partial charge in [0.25, 0.3) is 11.9 Å². The average Bonchev–Trinajstić information content (AvgIpc) is 2.69. The largest absolute Gasteiger partial charge is 0.379 e. The molecule has 2 aromatic heterocycles. The number of nitrogens with one attached hydrogen (secondary N) is 1. The molecule has 27 heavy (non-hydrogen) atoms. The molecule has 6 nitrogen and oxygen atoms in total. The lowest BCUT2D eigenvalue weighted by molar-refractivity contribution is -0.131. The first-order chi connectivity index (χ1) is 13.0. The maximum Gasteiger partial charge on any atom is 0.253 e. The molecule has 0 saturated carbocycles. The van der Waals surface area contributed by atoms with Crippen molar-refractivity contribution in [1.29, 1.82) is 0 Å². The number of rotatable bonds is 5. The van der Waals surface area contributed by atoms with Crippen LogP contribution in [0.25, 0.3) is 0 Å². The first-order valence-electron chi connectivity index (χ1n) is 8.35. The standard InChI is InChI=1S/C17H17F4N5O/c18-13-15(14(19)17(21)24-16(13)20)23-6-4-12(27)26-9-7-25(8-10-26)11-3-1-2-5-22-11/h1-3,5H,4,6-10H2,(H,23,24). The van der Waals surface area contributed by atoms with E-state index in [2.05, 4.69) is 20.2 Å². The molecule has 144 valence electrons. The summed E-state index contributed by atoms with van der Waals surface area (Å²) in [6, 6.07) is 5.59. The fourth-order valence-electron chi connectivity index (χ4n) is 2.82. The summed E-state index contributed by atoms with van der Waals surface area (Å²) in [7, 11) is 0. The SMILES string of the molecule is O=C(CCNc1c(F)c(F)nc(F)c1F)N1CCN(c2ccccn2)CC1. The molecular weight excluding hydrogens is 366 g/mol. The van der Waals surface area contributed by atoms with Crippen LogP contribution in [0.2, 0.25) is 0 Å². The number of hydrogen-bond donors (Lipinski definition) is 1. The van der Waals surface area contributed by atoms with Gasteiger partial charge in [-0.05, 0) is 12.1 Å². The zero-order valence-corrected chi connectivity index (χ0v) is 14.3. The molecule has 1 aliphatic heterocycles. The van der Waals surface area contributed by atoms with Crippen molar-refractivity contribution >= 4 is 17.4 Å². The number of piperazine rings is 1. The van der Waals surface area contributed by atoms with Gasteiger partial charge < -0.3 is 15.1 Å². The Balaban J connectivity index is 1.50. The number of nitrogens with zero attached hydrogens (tertiary/aromatic N) is 4. The number of carbonyl (C=O) groups excluding carboxylic acids is 1. The van der Waals surface area contributed by atoms with Crippen LogP contribution in [0.3, 0.4) is 0 Å². The Kier molecular flexibility index (Phi) is 5.72. The van der Waals surface area contributed by atoms with Gasteiger partial charge in [-0.2, -0.15) is 22.5 Å². The van der Waals surface area contributed by atoms with Gasteiger partial charge in [0.2, 0.25) is 17.5 Å². The number of pyridine rings is 2. The summed E-state index contributed by atoms with van der Waals surface area (Å²) < 4.78 is 53.1. The first-order valence-corrected chi connectivity index (χ1v) is 8.35. The Morgan fingerprint density at radius 3 is 2.30 bits per heavy atom. The lowest BCUT2D eigenvalue weighted by atomic mass is 10.2. The summed E-state index contributed by atoms with van der Waals surface area (Å²) in [4.78, 5) is 22.7. The molecular formula is C17H17F4N5O. The molecule has 0 atom stereocenters. The van der Waals surface area contributed by atoms with E-state index in [1.807, 2.05) is 18.2 Å². The van der Waals surface area contributed by atoms with E-state index < -0.39 is 29.2 Å². The molecule has 3 heterocycles. The zero-order chi connectivity index (χ0) is 19.4. The molecule has 2 aromatic rings. The van der Waals surface area contributed by atoms with Crippen LogP contribution in [0.5, 0.6) is 0 Å². The van der Waals surface area contributed by atoms with Crippen molar-refractivity contribution in [2.45, 2.75) is 6.42 Å². The fraction of sp³-hybridized carbons (Fsp3) is 0.353. The van der Waals surface area contributed by atoms with E-state index in [9.17, 15) is 22.4 Å². The van der Waals surface area contributed by atoms with Crippen molar-refractivity contribution in [2.24, 2.45) is 0 Å². The second-order valence-corrected chi connectivity index (χ2v) is 5.93. The van der Waals surface area contributed by atoms with Gasteiger partial charge in [-0.25, -0.2) is 4.98 Å². The summed E-state index contributed by atoms with van der Waals surface area (Å²) in [6.45, 7) is 2.02. The van der Waals surface area contributed by atoms with Gasteiger partial charge in [0.15, 0.2) is 0 Å². The van der Waals surface area contributed by atoms with Crippen LogP contribution in [0, 0.1) is 23.5 Å². The van der Waals surface area contributed by atoms with Crippen molar-refractivity contribution in [1.82, 2.24) is 14.9 Å². The van der Waals surface area contributed by atoms with Crippen molar-refractivity contribution in [3.05, 3.63) is 47.9 Å². The molecule has 0 radical (unpaired) electrons. The van der Waals surface area contributed by atoms with Crippen LogP contribution in [0.15, 0.2) is 24.4 Å². The van der Waals surface area contributed by atoms with E-state index in [0.717, 1.165) is 5.82 Å². The van der Waals surface area contributed by atoms with Gasteiger partial charge in [-0.1, -0.05) is 6.07 Å². The molecule has 0 aliphatic carbocycles. The molecule has 1 N–H and O–H groups in total. The van der Waals surface area contributed by atoms with Crippen molar-refractivity contribution in [3.63, 3.8) is 0 Å². The highest BCUT2D eigenvalue weighted by Gasteiger charge is 2.23. The zero-order valence-electron chi connectivity index (χ0n) is 14.3. The highest BCUT2D eigenvalue weighted by molar-refractivity contribution is 5.77. The van der Waals surface area contributed by atoms with Crippen LogP contribution in [-0.4, -0.2) is 53.5 Å². The Morgan fingerprint density at radius 1 is 1.04 bits per heavy atom. The van der Waals surface area contributed by atoms with E-state index in [1.165, 1.54) is 0 Å².